The first-order valence-electron chi connectivity index (χ1n) is 9.67. The van der Waals surface area contributed by atoms with Gasteiger partial charge in [-0.05, 0) is 45.1 Å². The van der Waals surface area contributed by atoms with Crippen LogP contribution in [0, 0.1) is 19.8 Å². The molecule has 8 heteroatoms. The number of hydrogen-bond acceptors (Lipinski definition) is 5. The lowest BCUT2D eigenvalue weighted by atomic mass is 10.3. The van der Waals surface area contributed by atoms with Gasteiger partial charge in [-0.15, -0.1) is 35.3 Å². The molecule has 0 spiro atoms. The van der Waals surface area contributed by atoms with Gasteiger partial charge in [-0.2, -0.15) is 0 Å². The van der Waals surface area contributed by atoms with Gasteiger partial charge in [0.15, 0.2) is 5.96 Å². The van der Waals surface area contributed by atoms with Crippen molar-refractivity contribution in [3.8, 4) is 5.88 Å². The predicted molar refractivity (Wildman–Crippen MR) is 126 cm³/mol. The van der Waals surface area contributed by atoms with E-state index in [4.69, 9.17) is 4.74 Å². The predicted octanol–water partition coefficient (Wildman–Crippen LogP) is 3.86. The van der Waals surface area contributed by atoms with E-state index in [2.05, 4.69) is 46.4 Å². The molecule has 0 atom stereocenters. The van der Waals surface area contributed by atoms with Crippen LogP contribution in [0.5, 0.6) is 5.88 Å². The number of halogens is 1. The van der Waals surface area contributed by atoms with Gasteiger partial charge in [-0.1, -0.05) is 6.07 Å². The first kappa shape index (κ1) is 22.9. The molecule has 1 saturated carbocycles. The van der Waals surface area contributed by atoms with Gasteiger partial charge in [0, 0.05) is 36.7 Å². The van der Waals surface area contributed by atoms with Crippen molar-refractivity contribution in [2.75, 3.05) is 19.7 Å². The molecule has 2 aromatic heterocycles. The minimum Gasteiger partial charge on any atom is -0.477 e. The number of aryl methyl sites for hydroxylation is 2. The summed E-state index contributed by atoms with van der Waals surface area (Å²) >= 11 is 1.77. The smallest absolute Gasteiger partial charge is 0.213 e. The van der Waals surface area contributed by atoms with E-state index in [0.717, 1.165) is 49.3 Å². The summed E-state index contributed by atoms with van der Waals surface area (Å²) in [6.07, 6.45) is 5.32. The van der Waals surface area contributed by atoms with Gasteiger partial charge in [-0.25, -0.2) is 15.0 Å². The van der Waals surface area contributed by atoms with E-state index in [-0.39, 0.29) is 24.0 Å². The van der Waals surface area contributed by atoms with E-state index in [1.54, 1.807) is 11.3 Å². The van der Waals surface area contributed by atoms with Gasteiger partial charge in [0.25, 0.3) is 0 Å². The van der Waals surface area contributed by atoms with Crippen molar-refractivity contribution in [1.29, 1.82) is 0 Å². The number of nitrogens with zero attached hydrogens (tertiary/aromatic N) is 3. The third kappa shape index (κ3) is 7.54. The summed E-state index contributed by atoms with van der Waals surface area (Å²) in [6, 6.07) is 3.96. The number of guanidine groups is 1. The van der Waals surface area contributed by atoms with Crippen LogP contribution in [-0.4, -0.2) is 35.6 Å². The third-order valence-electron chi connectivity index (χ3n) is 4.43. The Morgan fingerprint density at radius 3 is 2.71 bits per heavy atom. The Labute approximate surface area is 188 Å². The van der Waals surface area contributed by atoms with Gasteiger partial charge in [0.05, 0.1) is 23.9 Å². The highest BCUT2D eigenvalue weighted by atomic mass is 127. The first-order valence-corrected chi connectivity index (χ1v) is 10.5. The largest absolute Gasteiger partial charge is 0.477 e. The van der Waals surface area contributed by atoms with Crippen molar-refractivity contribution >= 4 is 41.3 Å². The van der Waals surface area contributed by atoms with E-state index >= 15 is 0 Å². The topological polar surface area (TPSA) is 71.4 Å². The normalized spacial score (nSPS) is 13.8. The quantitative estimate of drug-likeness (QED) is 0.302. The average Bonchev–Trinajstić information content (AvgIpc) is 3.44. The van der Waals surface area contributed by atoms with E-state index in [1.807, 2.05) is 18.3 Å². The van der Waals surface area contributed by atoms with Crippen LogP contribution in [-0.2, 0) is 13.0 Å². The SMILES string of the molecule is CCNC(=NCc1ccc(OCC2CC2)nc1)NCCc1nc(C)c(C)s1.I. The Balaban J connectivity index is 0.00000280. The fraction of sp³-hybridized carbons (Fsp3) is 0.550. The van der Waals surface area contributed by atoms with Gasteiger partial charge >= 0.3 is 0 Å². The molecule has 0 bridgehead atoms. The number of thiazole rings is 1. The lowest BCUT2D eigenvalue weighted by Crippen LogP contribution is -2.38. The minimum absolute atomic E-state index is 0. The molecule has 2 aromatic rings. The highest BCUT2D eigenvalue weighted by molar-refractivity contribution is 14.0. The van der Waals surface area contributed by atoms with E-state index in [9.17, 15) is 0 Å². The fourth-order valence-electron chi connectivity index (χ4n) is 2.52. The molecule has 2 N–H and O–H groups in total. The van der Waals surface area contributed by atoms with Crippen molar-refractivity contribution < 1.29 is 4.74 Å². The Morgan fingerprint density at radius 2 is 2.11 bits per heavy atom. The lowest BCUT2D eigenvalue weighted by molar-refractivity contribution is 0.288. The molecule has 0 saturated heterocycles. The Bertz CT molecular complexity index is 739. The Hall–Kier alpha value is -1.42. The molecule has 0 amide bonds. The van der Waals surface area contributed by atoms with Gasteiger partial charge < -0.3 is 15.4 Å². The molecular formula is C20H30IN5OS. The molecule has 28 heavy (non-hydrogen) atoms. The maximum absolute atomic E-state index is 5.68. The molecule has 0 unspecified atom stereocenters. The molecular weight excluding hydrogens is 485 g/mol. The van der Waals surface area contributed by atoms with Crippen LogP contribution >= 0.6 is 35.3 Å². The van der Waals surface area contributed by atoms with Crippen LogP contribution < -0.4 is 15.4 Å². The second-order valence-electron chi connectivity index (χ2n) is 6.88. The van der Waals surface area contributed by atoms with Crippen LogP contribution in [0.3, 0.4) is 0 Å². The van der Waals surface area contributed by atoms with E-state index in [1.165, 1.54) is 22.7 Å². The van der Waals surface area contributed by atoms with Crippen molar-refractivity contribution in [3.05, 3.63) is 39.5 Å². The molecule has 0 radical (unpaired) electrons. The number of ether oxygens (including phenoxy) is 1. The summed E-state index contributed by atoms with van der Waals surface area (Å²) in [4.78, 5) is 14.9. The monoisotopic (exact) mass is 515 g/mol. The number of nitrogens with one attached hydrogen (secondary N) is 2. The molecule has 1 aliphatic carbocycles. The summed E-state index contributed by atoms with van der Waals surface area (Å²) in [5.41, 5.74) is 2.20. The molecule has 6 nitrogen and oxygen atoms in total. The third-order valence-corrected chi connectivity index (χ3v) is 5.56. The molecule has 0 aromatic carbocycles. The van der Waals surface area contributed by atoms with Gasteiger partial charge in [0.2, 0.25) is 5.88 Å². The number of aliphatic imine (C=N–C) groups is 1. The summed E-state index contributed by atoms with van der Waals surface area (Å²) in [7, 11) is 0. The summed E-state index contributed by atoms with van der Waals surface area (Å²) in [6.45, 7) is 9.25. The second-order valence-corrected chi connectivity index (χ2v) is 8.17. The summed E-state index contributed by atoms with van der Waals surface area (Å²) in [5, 5.41) is 7.83. The fourth-order valence-corrected chi connectivity index (χ4v) is 3.46. The maximum Gasteiger partial charge on any atom is 0.213 e. The van der Waals surface area contributed by atoms with Crippen molar-refractivity contribution in [3.63, 3.8) is 0 Å². The van der Waals surface area contributed by atoms with Gasteiger partial charge in [-0.3, -0.25) is 0 Å². The first-order chi connectivity index (χ1) is 13.1. The van der Waals surface area contributed by atoms with Gasteiger partial charge in [0.1, 0.15) is 0 Å². The van der Waals surface area contributed by atoms with E-state index in [0.29, 0.717) is 12.4 Å². The zero-order valence-electron chi connectivity index (χ0n) is 16.8. The number of rotatable bonds is 9. The number of pyridine rings is 1. The van der Waals surface area contributed by atoms with Crippen molar-refractivity contribution in [1.82, 2.24) is 20.6 Å². The molecule has 2 heterocycles. The van der Waals surface area contributed by atoms with Crippen LogP contribution in [0.1, 0.15) is 40.9 Å². The minimum atomic E-state index is 0. The van der Waals surface area contributed by atoms with Crippen LogP contribution in [0.15, 0.2) is 23.3 Å². The second kappa shape index (κ2) is 11.5. The summed E-state index contributed by atoms with van der Waals surface area (Å²) < 4.78 is 5.68. The maximum atomic E-state index is 5.68. The van der Waals surface area contributed by atoms with Crippen LogP contribution in [0.25, 0.3) is 0 Å². The standard InChI is InChI=1S/C20H29N5OS.HI/c1-4-21-20(22-10-9-19-25-14(2)15(3)27-19)24-12-17-7-8-18(23-11-17)26-13-16-5-6-16;/h7-8,11,16H,4-6,9-10,12-13H2,1-3H3,(H2,21,22,24);1H. The molecule has 1 fully saturated rings. The Morgan fingerprint density at radius 1 is 1.29 bits per heavy atom. The van der Waals surface area contributed by atoms with Crippen LogP contribution in [0.2, 0.25) is 0 Å². The molecule has 1 aliphatic rings. The zero-order chi connectivity index (χ0) is 19.1. The lowest BCUT2D eigenvalue weighted by Gasteiger charge is -2.10. The molecule has 0 aliphatic heterocycles. The summed E-state index contributed by atoms with van der Waals surface area (Å²) in [5.74, 6) is 2.26. The van der Waals surface area contributed by atoms with Crippen molar-refractivity contribution in [2.24, 2.45) is 10.9 Å². The number of aromatic nitrogens is 2. The van der Waals surface area contributed by atoms with E-state index < -0.39 is 0 Å². The molecule has 3 rings (SSSR count). The highest BCUT2D eigenvalue weighted by Gasteiger charge is 2.22. The van der Waals surface area contributed by atoms with Crippen LogP contribution in [0.4, 0.5) is 0 Å². The Kier molecular flexibility index (Phi) is 9.43. The highest BCUT2D eigenvalue weighted by Crippen LogP contribution is 2.29. The zero-order valence-corrected chi connectivity index (χ0v) is 20.0. The van der Waals surface area contributed by atoms with Crippen molar-refractivity contribution in [2.45, 2.75) is 46.6 Å². The number of hydrogen-bond donors (Lipinski definition) is 2. The molecule has 154 valence electrons. The average molecular weight is 515 g/mol.